The summed E-state index contributed by atoms with van der Waals surface area (Å²) >= 11 is 0. The van der Waals surface area contributed by atoms with E-state index in [1.165, 1.54) is 0 Å². The number of alkyl halides is 3. The number of likely N-dealkylation sites (tertiary alicyclic amines) is 2. The molecule has 0 bridgehead atoms. The standard InChI is InChI=1S/C20H29N3O3.C2HF3O2/c24-19(22-10-3-4-11-22)23-12-7-18-20(15-23,8-5-13-26-18)16-25-14-17-6-1-2-9-21-17;3-2(4,5)1(6)7/h1-2,6,9,18H,3-5,7-8,10-16H2;(H,6,7). The van der Waals surface area contributed by atoms with Gasteiger partial charge in [-0.15, -0.1) is 0 Å². The van der Waals surface area contributed by atoms with Crippen LogP contribution in [-0.2, 0) is 20.9 Å². The van der Waals surface area contributed by atoms with Gasteiger partial charge < -0.3 is 24.4 Å². The maximum absolute atomic E-state index is 12.9. The number of carboxylic acid groups (broad SMARTS) is 1. The molecule has 3 fully saturated rings. The van der Waals surface area contributed by atoms with Crippen molar-refractivity contribution >= 4 is 12.0 Å². The first-order chi connectivity index (χ1) is 15.7. The molecule has 1 aromatic heterocycles. The van der Waals surface area contributed by atoms with E-state index in [0.717, 1.165) is 70.6 Å². The number of piperidine rings is 1. The molecule has 3 aliphatic heterocycles. The third kappa shape index (κ3) is 6.80. The van der Waals surface area contributed by atoms with Gasteiger partial charge in [0, 0.05) is 44.4 Å². The van der Waals surface area contributed by atoms with Crippen molar-refractivity contribution in [1.29, 1.82) is 0 Å². The molecule has 4 heterocycles. The van der Waals surface area contributed by atoms with Crippen LogP contribution in [0.2, 0.25) is 0 Å². The van der Waals surface area contributed by atoms with Gasteiger partial charge in [-0.05, 0) is 44.2 Å². The zero-order valence-electron chi connectivity index (χ0n) is 18.4. The normalized spacial score (nSPS) is 25.1. The van der Waals surface area contributed by atoms with E-state index in [9.17, 15) is 18.0 Å². The Kier molecular flexibility index (Phi) is 8.52. The molecule has 2 unspecified atom stereocenters. The predicted molar refractivity (Wildman–Crippen MR) is 111 cm³/mol. The quantitative estimate of drug-likeness (QED) is 0.722. The predicted octanol–water partition coefficient (Wildman–Crippen LogP) is 3.32. The number of pyridine rings is 1. The summed E-state index contributed by atoms with van der Waals surface area (Å²) in [4.78, 5) is 30.1. The number of carbonyl (C=O) groups excluding carboxylic acids is 1. The lowest BCUT2D eigenvalue weighted by Crippen LogP contribution is -2.59. The van der Waals surface area contributed by atoms with Gasteiger partial charge in [0.25, 0.3) is 0 Å². The van der Waals surface area contributed by atoms with Crippen molar-refractivity contribution in [2.75, 3.05) is 39.4 Å². The van der Waals surface area contributed by atoms with Crippen LogP contribution in [0.15, 0.2) is 24.4 Å². The van der Waals surface area contributed by atoms with Gasteiger partial charge in [0.05, 0.1) is 25.0 Å². The van der Waals surface area contributed by atoms with E-state index in [-0.39, 0.29) is 17.6 Å². The number of halogens is 3. The largest absolute Gasteiger partial charge is 0.490 e. The number of nitrogens with zero attached hydrogens (tertiary/aromatic N) is 3. The van der Waals surface area contributed by atoms with Gasteiger partial charge in [-0.1, -0.05) is 6.07 Å². The van der Waals surface area contributed by atoms with E-state index in [1.807, 2.05) is 28.0 Å². The Morgan fingerprint density at radius 1 is 1.18 bits per heavy atom. The Morgan fingerprint density at radius 3 is 2.55 bits per heavy atom. The highest BCUT2D eigenvalue weighted by Crippen LogP contribution is 2.41. The number of urea groups is 1. The molecule has 3 saturated heterocycles. The Bertz CT molecular complexity index is 789. The smallest absolute Gasteiger partial charge is 0.475 e. The van der Waals surface area contributed by atoms with E-state index in [2.05, 4.69) is 4.98 Å². The summed E-state index contributed by atoms with van der Waals surface area (Å²) < 4.78 is 43.9. The van der Waals surface area contributed by atoms with Crippen LogP contribution < -0.4 is 0 Å². The van der Waals surface area contributed by atoms with Crippen molar-refractivity contribution in [2.45, 2.75) is 51.0 Å². The van der Waals surface area contributed by atoms with Crippen molar-refractivity contribution < 1.29 is 37.3 Å². The van der Waals surface area contributed by atoms with Crippen molar-refractivity contribution in [3.63, 3.8) is 0 Å². The number of hydrogen-bond donors (Lipinski definition) is 1. The third-order valence-electron chi connectivity index (χ3n) is 6.24. The zero-order chi connectivity index (χ0) is 23.9. The van der Waals surface area contributed by atoms with Gasteiger partial charge in [0.2, 0.25) is 0 Å². The Balaban J connectivity index is 0.000000383. The van der Waals surface area contributed by atoms with Crippen LogP contribution in [0.3, 0.4) is 0 Å². The minimum absolute atomic E-state index is 0.0827. The monoisotopic (exact) mass is 473 g/mol. The summed E-state index contributed by atoms with van der Waals surface area (Å²) in [6, 6.07) is 6.08. The summed E-state index contributed by atoms with van der Waals surface area (Å²) in [7, 11) is 0. The SMILES string of the molecule is O=C(N1CCCC1)N1CCC2OCCCC2(COCc2ccccn2)C1.O=C(O)C(F)(F)F. The number of ether oxygens (including phenoxy) is 2. The van der Waals surface area contributed by atoms with Crippen LogP contribution in [-0.4, -0.2) is 83.6 Å². The highest BCUT2D eigenvalue weighted by molar-refractivity contribution is 5.75. The molecule has 0 radical (unpaired) electrons. The topological polar surface area (TPSA) is 92.2 Å². The van der Waals surface area contributed by atoms with E-state index in [1.54, 1.807) is 6.20 Å². The molecule has 2 amide bonds. The molecule has 33 heavy (non-hydrogen) atoms. The van der Waals surface area contributed by atoms with Crippen LogP contribution in [0.1, 0.15) is 37.8 Å². The van der Waals surface area contributed by atoms with Crippen molar-refractivity contribution in [1.82, 2.24) is 14.8 Å². The third-order valence-corrected chi connectivity index (χ3v) is 6.24. The number of aliphatic carboxylic acids is 1. The molecule has 4 rings (SSSR count). The van der Waals surface area contributed by atoms with Crippen LogP contribution in [0, 0.1) is 5.41 Å². The number of amides is 2. The fourth-order valence-corrected chi connectivity index (χ4v) is 4.62. The molecule has 11 heteroatoms. The van der Waals surface area contributed by atoms with Crippen molar-refractivity contribution in [3.8, 4) is 0 Å². The number of carbonyl (C=O) groups is 2. The van der Waals surface area contributed by atoms with Gasteiger partial charge >= 0.3 is 18.2 Å². The lowest BCUT2D eigenvalue weighted by Gasteiger charge is -2.50. The molecule has 2 atom stereocenters. The molecule has 1 aromatic rings. The molecule has 0 saturated carbocycles. The zero-order valence-corrected chi connectivity index (χ0v) is 18.4. The molecule has 8 nitrogen and oxygen atoms in total. The minimum atomic E-state index is -5.08. The van der Waals surface area contributed by atoms with Crippen LogP contribution in [0.25, 0.3) is 0 Å². The first kappa shape index (κ1) is 25.2. The average molecular weight is 473 g/mol. The van der Waals surface area contributed by atoms with Gasteiger partial charge in [-0.25, -0.2) is 9.59 Å². The van der Waals surface area contributed by atoms with Crippen molar-refractivity contribution in [3.05, 3.63) is 30.1 Å². The van der Waals surface area contributed by atoms with Crippen molar-refractivity contribution in [2.24, 2.45) is 5.41 Å². The Labute approximate surface area is 190 Å². The molecule has 0 aliphatic carbocycles. The minimum Gasteiger partial charge on any atom is -0.475 e. The molecule has 0 spiro atoms. The Morgan fingerprint density at radius 2 is 1.91 bits per heavy atom. The van der Waals surface area contributed by atoms with Gasteiger partial charge in [-0.2, -0.15) is 13.2 Å². The van der Waals surface area contributed by atoms with Gasteiger partial charge in [-0.3, -0.25) is 4.98 Å². The lowest BCUT2D eigenvalue weighted by molar-refractivity contribution is -0.192. The number of rotatable bonds is 4. The number of hydrogen-bond acceptors (Lipinski definition) is 5. The Hall–Kier alpha value is -2.40. The van der Waals surface area contributed by atoms with Crippen LogP contribution in [0.4, 0.5) is 18.0 Å². The number of carboxylic acids is 1. The maximum Gasteiger partial charge on any atom is 0.490 e. The highest BCUT2D eigenvalue weighted by Gasteiger charge is 2.47. The fourth-order valence-electron chi connectivity index (χ4n) is 4.62. The molecule has 184 valence electrons. The summed E-state index contributed by atoms with van der Waals surface area (Å²) in [5.41, 5.74) is 0.860. The van der Waals surface area contributed by atoms with E-state index >= 15 is 0 Å². The second kappa shape index (κ2) is 11.1. The number of aromatic nitrogens is 1. The van der Waals surface area contributed by atoms with E-state index in [0.29, 0.717) is 13.2 Å². The second-order valence-corrected chi connectivity index (χ2v) is 8.63. The highest BCUT2D eigenvalue weighted by atomic mass is 19.4. The molecule has 0 aromatic carbocycles. The summed E-state index contributed by atoms with van der Waals surface area (Å²) in [5, 5.41) is 7.12. The van der Waals surface area contributed by atoms with Gasteiger partial charge in [0.15, 0.2) is 0 Å². The van der Waals surface area contributed by atoms with Crippen LogP contribution >= 0.6 is 0 Å². The summed E-state index contributed by atoms with van der Waals surface area (Å²) in [6.07, 6.45) is 2.17. The molecular formula is C22H30F3N3O5. The van der Waals surface area contributed by atoms with E-state index in [4.69, 9.17) is 19.4 Å². The lowest BCUT2D eigenvalue weighted by atomic mass is 9.73. The fraction of sp³-hybridized carbons (Fsp3) is 0.682. The summed E-state index contributed by atoms with van der Waals surface area (Å²) in [5.74, 6) is -2.76. The van der Waals surface area contributed by atoms with Gasteiger partial charge in [0.1, 0.15) is 0 Å². The molecule has 1 N–H and O–H groups in total. The average Bonchev–Trinajstić information content (AvgIpc) is 3.33. The summed E-state index contributed by atoms with van der Waals surface area (Å²) in [6.45, 7) is 5.30. The molecular weight excluding hydrogens is 443 g/mol. The maximum atomic E-state index is 12.9. The molecule has 3 aliphatic rings. The first-order valence-electron chi connectivity index (χ1n) is 11.1. The van der Waals surface area contributed by atoms with Crippen LogP contribution in [0.5, 0.6) is 0 Å². The number of fused-ring (bicyclic) bond motifs is 1. The first-order valence-corrected chi connectivity index (χ1v) is 11.1. The second-order valence-electron chi connectivity index (χ2n) is 8.63. The van der Waals surface area contributed by atoms with E-state index < -0.39 is 12.1 Å².